The summed E-state index contributed by atoms with van der Waals surface area (Å²) in [6, 6.07) is 0. The van der Waals surface area contributed by atoms with Crippen molar-refractivity contribution in [3.63, 3.8) is 0 Å². The maximum atomic E-state index is 2.47. The molecule has 6 aliphatic carbocycles. The lowest BCUT2D eigenvalue weighted by molar-refractivity contribution is 0.0302. The first kappa shape index (κ1) is 34.9. The van der Waals surface area contributed by atoms with Crippen LogP contribution in [-0.4, -0.2) is 0 Å². The predicted octanol–water partition coefficient (Wildman–Crippen LogP) is 12.2. The largest absolute Gasteiger partial charge is 0.0846 e. The zero-order valence-corrected chi connectivity index (χ0v) is 29.7. The summed E-state index contributed by atoms with van der Waals surface area (Å²) < 4.78 is 0. The van der Waals surface area contributed by atoms with Crippen molar-refractivity contribution in [3.8, 4) is 0 Å². The molecule has 4 saturated carbocycles. The molecule has 0 radical (unpaired) electrons. The monoisotopic (exact) mass is 543 g/mol. The molecule has 12 atom stereocenters. The zero-order valence-electron chi connectivity index (χ0n) is 29.7. The van der Waals surface area contributed by atoms with Crippen molar-refractivity contribution in [2.75, 3.05) is 0 Å². The van der Waals surface area contributed by atoms with E-state index in [9.17, 15) is 0 Å². The highest BCUT2D eigenvalue weighted by Crippen LogP contribution is 2.50. The van der Waals surface area contributed by atoms with Gasteiger partial charge in [0.1, 0.15) is 0 Å². The van der Waals surface area contributed by atoms with Crippen molar-refractivity contribution in [1.82, 2.24) is 0 Å². The molecule has 0 heteroatoms. The summed E-state index contributed by atoms with van der Waals surface area (Å²) >= 11 is 0. The second-order valence-corrected chi connectivity index (χ2v) is 16.7. The lowest BCUT2D eigenvalue weighted by Gasteiger charge is -2.50. The van der Waals surface area contributed by atoms with E-state index in [1.807, 2.05) is 0 Å². The zero-order chi connectivity index (χ0) is 29.9. The van der Waals surface area contributed by atoms with Crippen LogP contribution in [0.3, 0.4) is 0 Å². The van der Waals surface area contributed by atoms with Crippen molar-refractivity contribution in [2.45, 2.75) is 130 Å². The van der Waals surface area contributed by atoms with Crippen LogP contribution in [-0.2, 0) is 0 Å². The van der Waals surface area contributed by atoms with Gasteiger partial charge < -0.3 is 0 Å². The molecule has 0 nitrogen and oxygen atoms in total. The van der Waals surface area contributed by atoms with Crippen LogP contribution < -0.4 is 0 Å². The Morgan fingerprint density at radius 1 is 0.256 bits per heavy atom. The standard InChI is InChI=1S/C12H20.C10H20.C9H18.C8H16/c1-7-8(2)12-6-5-11(7)9(3)10(12)4;1-7-5-9(3)10(4)6-8(7)2;1-6-5-7(2)9(4)8(6)3;1-5-6(2)8(4)7(5)3/h5-12H,1-4H3;7-10H,5-6H2,1-4H3;6-9H,5H2,1-4H3;5-8H,1-4H3. The lowest BCUT2D eigenvalue weighted by atomic mass is 9.55. The molecule has 0 saturated heterocycles. The van der Waals surface area contributed by atoms with Gasteiger partial charge in [0.05, 0.1) is 0 Å². The van der Waals surface area contributed by atoms with E-state index in [1.165, 1.54) is 19.3 Å². The van der Waals surface area contributed by atoms with E-state index < -0.39 is 0 Å². The molecule has 0 aromatic carbocycles. The Bertz CT molecular complexity index is 626. The van der Waals surface area contributed by atoms with Gasteiger partial charge in [0.25, 0.3) is 0 Å². The fourth-order valence-electron chi connectivity index (χ4n) is 9.24. The number of allylic oxidation sites excluding steroid dienone is 2. The van der Waals surface area contributed by atoms with Crippen molar-refractivity contribution in [3.05, 3.63) is 12.2 Å². The van der Waals surface area contributed by atoms with Crippen molar-refractivity contribution in [1.29, 1.82) is 0 Å². The fraction of sp³-hybridized carbons (Fsp3) is 0.949. The molecule has 6 rings (SSSR count). The molecule has 39 heavy (non-hydrogen) atoms. The Morgan fingerprint density at radius 3 is 0.641 bits per heavy atom. The van der Waals surface area contributed by atoms with Gasteiger partial charge >= 0.3 is 0 Å². The van der Waals surface area contributed by atoms with Crippen LogP contribution in [0.4, 0.5) is 0 Å². The molecule has 0 spiro atoms. The molecule has 0 heterocycles. The second kappa shape index (κ2) is 14.8. The molecule has 4 fully saturated rings. The van der Waals surface area contributed by atoms with E-state index in [2.05, 4.69) is 123 Å². The molecule has 0 aromatic heterocycles. The van der Waals surface area contributed by atoms with Crippen molar-refractivity contribution < 1.29 is 0 Å². The van der Waals surface area contributed by atoms with Crippen LogP contribution in [0, 0.1) is 107 Å². The third-order valence-electron chi connectivity index (χ3n) is 14.8. The van der Waals surface area contributed by atoms with Crippen molar-refractivity contribution >= 4 is 0 Å². The molecule has 12 unspecified atom stereocenters. The first-order valence-electron chi connectivity index (χ1n) is 17.7. The molecule has 230 valence electrons. The molecule has 0 aromatic rings. The minimum absolute atomic E-state index is 0.861. The van der Waals surface area contributed by atoms with E-state index in [0.717, 1.165) is 107 Å². The van der Waals surface area contributed by atoms with Crippen LogP contribution in [0.25, 0.3) is 0 Å². The minimum atomic E-state index is 0.861. The predicted molar refractivity (Wildman–Crippen MR) is 177 cm³/mol. The van der Waals surface area contributed by atoms with Crippen molar-refractivity contribution in [2.24, 2.45) is 107 Å². The SMILES string of the molecule is CC1C(C)C(C)C1C.CC1C(C)C2C=CC1C(C)C2C.CC1CC(C)C(C)C1C.CC1CC(C)C(C)CC1C. The Morgan fingerprint density at radius 2 is 0.462 bits per heavy atom. The summed E-state index contributed by atoms with van der Waals surface area (Å²) in [7, 11) is 0. The minimum Gasteiger partial charge on any atom is -0.0846 e. The van der Waals surface area contributed by atoms with Crippen LogP contribution >= 0.6 is 0 Å². The third-order valence-corrected chi connectivity index (χ3v) is 14.8. The Balaban J connectivity index is 0.000000185. The fourth-order valence-corrected chi connectivity index (χ4v) is 9.24. The van der Waals surface area contributed by atoms with Gasteiger partial charge in [-0.2, -0.15) is 0 Å². The quantitative estimate of drug-likeness (QED) is 0.267. The van der Waals surface area contributed by atoms with Crippen LogP contribution in [0.5, 0.6) is 0 Å². The van der Waals surface area contributed by atoms with E-state index in [0.29, 0.717) is 0 Å². The maximum Gasteiger partial charge on any atom is -0.0176 e. The average molecular weight is 543 g/mol. The lowest BCUT2D eigenvalue weighted by Crippen LogP contribution is -2.44. The first-order valence-corrected chi connectivity index (χ1v) is 17.7. The van der Waals surface area contributed by atoms with Gasteiger partial charge in [-0.3, -0.25) is 0 Å². The highest BCUT2D eigenvalue weighted by molar-refractivity contribution is 5.12. The molecule has 0 N–H and O–H groups in total. The Labute approximate surface area is 248 Å². The summed E-state index contributed by atoms with van der Waals surface area (Å²) in [4.78, 5) is 0. The Kier molecular flexibility index (Phi) is 13.2. The van der Waals surface area contributed by atoms with Gasteiger partial charge in [-0.25, -0.2) is 0 Å². The van der Waals surface area contributed by atoms with E-state index in [1.54, 1.807) is 0 Å². The molecule has 0 amide bonds. The molecular formula is C39H74. The van der Waals surface area contributed by atoms with E-state index >= 15 is 0 Å². The summed E-state index contributed by atoms with van der Waals surface area (Å²) in [5, 5.41) is 0. The van der Waals surface area contributed by atoms with E-state index in [-0.39, 0.29) is 0 Å². The van der Waals surface area contributed by atoms with Gasteiger partial charge in [-0.15, -0.1) is 0 Å². The van der Waals surface area contributed by atoms with E-state index in [4.69, 9.17) is 0 Å². The molecular weight excluding hydrogens is 468 g/mol. The second-order valence-electron chi connectivity index (χ2n) is 16.7. The van der Waals surface area contributed by atoms with Crippen LogP contribution in [0.2, 0.25) is 0 Å². The summed E-state index contributed by atoms with van der Waals surface area (Å²) in [6.07, 6.45) is 9.28. The third kappa shape index (κ3) is 8.19. The highest BCUT2D eigenvalue weighted by atomic mass is 14.5. The van der Waals surface area contributed by atoms with Crippen LogP contribution in [0.15, 0.2) is 12.2 Å². The smallest absolute Gasteiger partial charge is 0.0176 e. The van der Waals surface area contributed by atoms with Crippen LogP contribution in [0.1, 0.15) is 130 Å². The molecule has 6 aliphatic rings. The summed E-state index contributed by atoms with van der Waals surface area (Å²) in [6.45, 7) is 38.2. The van der Waals surface area contributed by atoms with Gasteiger partial charge in [-0.05, 0) is 126 Å². The summed E-state index contributed by atoms with van der Waals surface area (Å²) in [5.74, 6) is 17.0. The van der Waals surface area contributed by atoms with Gasteiger partial charge in [0.15, 0.2) is 0 Å². The summed E-state index contributed by atoms with van der Waals surface area (Å²) in [5.41, 5.74) is 0. The first-order chi connectivity index (χ1) is 18.0. The number of fused-ring (bicyclic) bond motifs is 2. The van der Waals surface area contributed by atoms with Gasteiger partial charge in [-0.1, -0.05) is 123 Å². The van der Waals surface area contributed by atoms with Gasteiger partial charge in [0.2, 0.25) is 0 Å². The Hall–Kier alpha value is -0.260. The average Bonchev–Trinajstić information content (AvgIpc) is 3.12. The van der Waals surface area contributed by atoms with Gasteiger partial charge in [0, 0.05) is 0 Å². The molecule has 2 bridgehead atoms. The normalized spacial score (nSPS) is 53.7. The number of hydrogen-bond donors (Lipinski definition) is 0. The topological polar surface area (TPSA) is 0 Å². The number of hydrogen-bond acceptors (Lipinski definition) is 0. The maximum absolute atomic E-state index is 2.47. The number of rotatable bonds is 0. The molecule has 0 aliphatic heterocycles. The highest BCUT2D eigenvalue weighted by Gasteiger charge is 2.44.